The smallest absolute Gasteiger partial charge is 0.231 e. The van der Waals surface area contributed by atoms with Gasteiger partial charge in [-0.1, -0.05) is 12.2 Å². The lowest BCUT2D eigenvalue weighted by molar-refractivity contribution is -0.126. The van der Waals surface area contributed by atoms with Crippen LogP contribution in [0.1, 0.15) is 6.42 Å². The average Bonchev–Trinajstić information content (AvgIpc) is 2.64. The van der Waals surface area contributed by atoms with Gasteiger partial charge in [-0.2, -0.15) is 0 Å². The summed E-state index contributed by atoms with van der Waals surface area (Å²) in [5, 5.41) is 2.40. The first-order valence-corrected chi connectivity index (χ1v) is 4.30. The Morgan fingerprint density at radius 2 is 1.58 bits per heavy atom. The van der Waals surface area contributed by atoms with Crippen molar-refractivity contribution in [2.24, 2.45) is 23.7 Å². The van der Waals surface area contributed by atoms with Crippen LogP contribution in [0.15, 0.2) is 12.2 Å². The number of allylic oxidation sites excluding steroid dienone is 2. The van der Waals surface area contributed by atoms with Gasteiger partial charge in [-0.05, 0) is 18.3 Å². The molecule has 12 heavy (non-hydrogen) atoms. The van der Waals surface area contributed by atoms with E-state index in [2.05, 4.69) is 17.5 Å². The highest BCUT2D eigenvalue weighted by Gasteiger charge is 2.55. The van der Waals surface area contributed by atoms with Gasteiger partial charge in [0.05, 0.1) is 11.8 Å². The van der Waals surface area contributed by atoms with E-state index < -0.39 is 0 Å². The van der Waals surface area contributed by atoms with Crippen molar-refractivity contribution in [3.8, 4) is 0 Å². The lowest BCUT2D eigenvalue weighted by atomic mass is 9.85. The molecule has 3 nitrogen and oxygen atoms in total. The van der Waals surface area contributed by atoms with Crippen molar-refractivity contribution >= 4 is 11.8 Å². The average molecular weight is 163 g/mol. The zero-order valence-electron chi connectivity index (χ0n) is 6.49. The Morgan fingerprint density at radius 1 is 1.08 bits per heavy atom. The van der Waals surface area contributed by atoms with Crippen molar-refractivity contribution in [2.75, 3.05) is 0 Å². The van der Waals surface area contributed by atoms with Crippen molar-refractivity contribution < 1.29 is 9.59 Å². The van der Waals surface area contributed by atoms with Crippen LogP contribution in [-0.4, -0.2) is 11.8 Å². The molecule has 2 fully saturated rings. The summed E-state index contributed by atoms with van der Waals surface area (Å²) in [6.07, 6.45) is 5.18. The Labute approximate surface area is 69.8 Å². The van der Waals surface area contributed by atoms with Crippen molar-refractivity contribution in [3.63, 3.8) is 0 Å². The Bertz CT molecular complexity index is 280. The SMILES string of the molecule is O=C1NC(=O)[C@@H]2C3C=C[C@@H](C3)[C@H]12. The third-order valence-electron chi connectivity index (χ3n) is 3.31. The van der Waals surface area contributed by atoms with Gasteiger partial charge in [0.15, 0.2) is 0 Å². The molecule has 0 aromatic rings. The number of carbonyl (C=O) groups excluding carboxylic acids is 2. The van der Waals surface area contributed by atoms with Gasteiger partial charge in [0.2, 0.25) is 11.8 Å². The van der Waals surface area contributed by atoms with Crippen LogP contribution in [0.5, 0.6) is 0 Å². The fraction of sp³-hybridized carbons (Fsp3) is 0.556. The summed E-state index contributed by atoms with van der Waals surface area (Å²) in [6, 6.07) is 0. The normalized spacial score (nSPS) is 48.3. The molecule has 1 unspecified atom stereocenters. The van der Waals surface area contributed by atoms with E-state index in [1.54, 1.807) is 0 Å². The summed E-state index contributed by atoms with van der Waals surface area (Å²) >= 11 is 0. The lowest BCUT2D eigenvalue weighted by Crippen LogP contribution is -2.25. The zero-order valence-corrected chi connectivity index (χ0v) is 6.49. The molecule has 2 amide bonds. The molecular weight excluding hydrogens is 154 g/mol. The molecule has 1 aliphatic heterocycles. The second-order valence-corrected chi connectivity index (χ2v) is 3.85. The Hall–Kier alpha value is -1.12. The topological polar surface area (TPSA) is 46.2 Å². The minimum Gasteiger partial charge on any atom is -0.296 e. The van der Waals surface area contributed by atoms with Gasteiger partial charge >= 0.3 is 0 Å². The van der Waals surface area contributed by atoms with E-state index in [4.69, 9.17) is 0 Å². The number of carbonyl (C=O) groups is 2. The van der Waals surface area contributed by atoms with Gasteiger partial charge in [-0.3, -0.25) is 14.9 Å². The van der Waals surface area contributed by atoms with Crippen LogP contribution < -0.4 is 5.32 Å². The van der Waals surface area contributed by atoms with Crippen LogP contribution in [-0.2, 0) is 9.59 Å². The molecule has 0 aromatic carbocycles. The molecule has 1 heterocycles. The Balaban J connectivity index is 2.08. The van der Waals surface area contributed by atoms with E-state index in [1.165, 1.54) is 0 Å². The van der Waals surface area contributed by atoms with E-state index in [-0.39, 0.29) is 23.7 Å². The predicted octanol–water partition coefficient (Wildman–Crippen LogP) is 0.0811. The van der Waals surface area contributed by atoms with Crippen LogP contribution in [0.2, 0.25) is 0 Å². The van der Waals surface area contributed by atoms with Crippen LogP contribution in [0, 0.1) is 23.7 Å². The molecule has 3 heteroatoms. The van der Waals surface area contributed by atoms with Crippen LogP contribution in [0.4, 0.5) is 0 Å². The molecule has 3 aliphatic rings. The van der Waals surface area contributed by atoms with E-state index in [0.29, 0.717) is 11.8 Å². The number of hydrogen-bond donors (Lipinski definition) is 1. The van der Waals surface area contributed by atoms with Crippen LogP contribution in [0.25, 0.3) is 0 Å². The third-order valence-corrected chi connectivity index (χ3v) is 3.31. The third kappa shape index (κ3) is 0.543. The number of rotatable bonds is 0. The van der Waals surface area contributed by atoms with Gasteiger partial charge in [0.25, 0.3) is 0 Å². The maximum atomic E-state index is 11.3. The Kier molecular flexibility index (Phi) is 0.953. The van der Waals surface area contributed by atoms with Gasteiger partial charge in [-0.15, -0.1) is 0 Å². The molecule has 62 valence electrons. The fourth-order valence-corrected chi connectivity index (χ4v) is 2.83. The lowest BCUT2D eigenvalue weighted by Gasteiger charge is -2.14. The van der Waals surface area contributed by atoms with Gasteiger partial charge in [0.1, 0.15) is 0 Å². The first-order valence-electron chi connectivity index (χ1n) is 4.30. The van der Waals surface area contributed by atoms with Crippen LogP contribution >= 0.6 is 0 Å². The molecule has 0 spiro atoms. The number of fused-ring (bicyclic) bond motifs is 5. The number of imide groups is 1. The quantitative estimate of drug-likeness (QED) is 0.406. The van der Waals surface area contributed by atoms with E-state index in [1.807, 2.05) is 0 Å². The Morgan fingerprint density at radius 3 is 2.08 bits per heavy atom. The molecule has 1 saturated heterocycles. The maximum absolute atomic E-state index is 11.3. The molecule has 1 saturated carbocycles. The van der Waals surface area contributed by atoms with E-state index in [0.717, 1.165) is 6.42 Å². The molecule has 0 aromatic heterocycles. The minimum atomic E-state index is -0.0538. The van der Waals surface area contributed by atoms with Gasteiger partial charge in [-0.25, -0.2) is 0 Å². The summed E-state index contributed by atoms with van der Waals surface area (Å²) in [4.78, 5) is 22.6. The first kappa shape index (κ1) is 6.40. The summed E-state index contributed by atoms with van der Waals surface area (Å²) < 4.78 is 0. The van der Waals surface area contributed by atoms with Gasteiger partial charge in [0, 0.05) is 0 Å². The van der Waals surface area contributed by atoms with Crippen molar-refractivity contribution in [1.29, 1.82) is 0 Å². The molecule has 2 aliphatic carbocycles. The fourth-order valence-electron chi connectivity index (χ4n) is 2.83. The number of hydrogen-bond acceptors (Lipinski definition) is 2. The molecule has 3 rings (SSSR count). The highest BCUT2D eigenvalue weighted by atomic mass is 16.2. The summed E-state index contributed by atoms with van der Waals surface area (Å²) in [5.74, 6) is 0.501. The summed E-state index contributed by atoms with van der Waals surface area (Å²) in [7, 11) is 0. The minimum absolute atomic E-state index is 0.0347. The van der Waals surface area contributed by atoms with Crippen LogP contribution in [0.3, 0.4) is 0 Å². The predicted molar refractivity (Wildman–Crippen MR) is 40.9 cm³/mol. The molecule has 0 radical (unpaired) electrons. The highest BCUT2D eigenvalue weighted by molar-refractivity contribution is 6.06. The van der Waals surface area contributed by atoms with Gasteiger partial charge < -0.3 is 0 Å². The van der Waals surface area contributed by atoms with Crippen molar-refractivity contribution in [1.82, 2.24) is 5.32 Å². The molecule has 2 bridgehead atoms. The second kappa shape index (κ2) is 1.79. The summed E-state index contributed by atoms with van der Waals surface area (Å²) in [5.41, 5.74) is 0. The van der Waals surface area contributed by atoms with Crippen molar-refractivity contribution in [2.45, 2.75) is 6.42 Å². The molecule has 1 N–H and O–H groups in total. The second-order valence-electron chi connectivity index (χ2n) is 3.85. The largest absolute Gasteiger partial charge is 0.296 e. The number of nitrogens with one attached hydrogen (secondary N) is 1. The monoisotopic (exact) mass is 163 g/mol. The molecule has 4 atom stereocenters. The summed E-state index contributed by atoms with van der Waals surface area (Å²) in [6.45, 7) is 0. The highest BCUT2D eigenvalue weighted by Crippen LogP contribution is 2.50. The van der Waals surface area contributed by atoms with Crippen molar-refractivity contribution in [3.05, 3.63) is 12.2 Å². The maximum Gasteiger partial charge on any atom is 0.231 e. The van der Waals surface area contributed by atoms with E-state index in [9.17, 15) is 9.59 Å². The molecular formula is C9H9NO2. The zero-order chi connectivity index (χ0) is 8.29. The number of amides is 2. The van der Waals surface area contributed by atoms with E-state index >= 15 is 0 Å². The first-order chi connectivity index (χ1) is 5.77. The standard InChI is InChI=1S/C9H9NO2/c11-8-6-4-1-2-5(3-4)7(6)9(12)10-8/h1-2,4-7H,3H2,(H,10,11,12)/t4-,5?,6-,7+/m0/s1.